The Labute approximate surface area is 77.4 Å². The van der Waals surface area contributed by atoms with Crippen molar-refractivity contribution >= 4 is 5.57 Å². The minimum absolute atomic E-state index is 0.0857. The van der Waals surface area contributed by atoms with Crippen molar-refractivity contribution in [2.45, 2.75) is 12.8 Å². The van der Waals surface area contributed by atoms with E-state index < -0.39 is 0 Å². The van der Waals surface area contributed by atoms with Crippen LogP contribution in [-0.2, 0) is 0 Å². The lowest BCUT2D eigenvalue weighted by atomic mass is 9.99. The van der Waals surface area contributed by atoms with Crippen LogP contribution in [0.15, 0.2) is 48.3 Å². The average molecular weight is 174 g/mol. The lowest BCUT2D eigenvalue weighted by molar-refractivity contribution is 0.660. The van der Waals surface area contributed by atoms with E-state index in [1.165, 1.54) is 0 Å². The minimum atomic E-state index is -0.0857. The molecule has 66 valence electrons. The van der Waals surface area contributed by atoms with Crippen LogP contribution in [0.3, 0.4) is 0 Å². The summed E-state index contributed by atoms with van der Waals surface area (Å²) < 4.78 is 13.3. The van der Waals surface area contributed by atoms with Crippen molar-refractivity contribution in [3.05, 3.63) is 53.9 Å². The van der Waals surface area contributed by atoms with Gasteiger partial charge in [0.15, 0.2) is 0 Å². The van der Waals surface area contributed by atoms with Crippen LogP contribution in [0, 0.1) is 0 Å². The van der Waals surface area contributed by atoms with Crippen LogP contribution in [0.5, 0.6) is 0 Å². The highest BCUT2D eigenvalue weighted by molar-refractivity contribution is 5.77. The van der Waals surface area contributed by atoms with Gasteiger partial charge in [0, 0.05) is 5.57 Å². The van der Waals surface area contributed by atoms with Gasteiger partial charge in [-0.2, -0.15) is 0 Å². The second-order valence-corrected chi connectivity index (χ2v) is 3.11. The van der Waals surface area contributed by atoms with Crippen molar-refractivity contribution in [2.75, 3.05) is 0 Å². The second kappa shape index (κ2) is 3.56. The highest BCUT2D eigenvalue weighted by Gasteiger charge is 2.09. The van der Waals surface area contributed by atoms with Gasteiger partial charge in [-0.15, -0.1) is 0 Å². The van der Waals surface area contributed by atoms with Crippen LogP contribution in [-0.4, -0.2) is 0 Å². The molecule has 0 saturated carbocycles. The first-order valence-electron chi connectivity index (χ1n) is 4.49. The minimum Gasteiger partial charge on any atom is -0.207 e. The zero-order valence-corrected chi connectivity index (χ0v) is 7.33. The summed E-state index contributed by atoms with van der Waals surface area (Å²) in [6.45, 7) is 0. The predicted octanol–water partition coefficient (Wildman–Crippen LogP) is 3.72. The molecule has 0 aliphatic heterocycles. The molecule has 0 radical (unpaired) electrons. The summed E-state index contributed by atoms with van der Waals surface area (Å²) in [7, 11) is 0. The standard InChI is InChI=1S/C12H11F/c13-12-9-5-4-8-11(12)10-6-2-1-3-7-10/h1-3,6-9H,4-5H2. The van der Waals surface area contributed by atoms with Crippen LogP contribution in [0.25, 0.3) is 5.57 Å². The SMILES string of the molecule is FC1=CCCC=C1c1ccccc1. The molecule has 0 bridgehead atoms. The predicted molar refractivity (Wildman–Crippen MR) is 52.8 cm³/mol. The third kappa shape index (κ3) is 1.69. The fourth-order valence-electron chi connectivity index (χ4n) is 1.52. The molecule has 1 aliphatic rings. The van der Waals surface area contributed by atoms with E-state index in [2.05, 4.69) is 0 Å². The maximum absolute atomic E-state index is 13.3. The zero-order chi connectivity index (χ0) is 9.10. The Morgan fingerprint density at radius 2 is 1.62 bits per heavy atom. The molecule has 2 rings (SSSR count). The normalized spacial score (nSPS) is 16.4. The topological polar surface area (TPSA) is 0 Å². The van der Waals surface area contributed by atoms with E-state index in [1.807, 2.05) is 36.4 Å². The van der Waals surface area contributed by atoms with Crippen molar-refractivity contribution in [1.82, 2.24) is 0 Å². The highest BCUT2D eigenvalue weighted by atomic mass is 19.1. The fraction of sp³-hybridized carbons (Fsp3) is 0.167. The van der Waals surface area contributed by atoms with Gasteiger partial charge in [0.05, 0.1) is 0 Å². The number of rotatable bonds is 1. The molecule has 0 unspecified atom stereocenters. The van der Waals surface area contributed by atoms with Gasteiger partial charge in [0.25, 0.3) is 0 Å². The number of hydrogen-bond donors (Lipinski definition) is 0. The Bertz CT molecular complexity index is 347. The molecule has 0 N–H and O–H groups in total. The molecule has 0 aromatic heterocycles. The van der Waals surface area contributed by atoms with E-state index >= 15 is 0 Å². The summed E-state index contributed by atoms with van der Waals surface area (Å²) >= 11 is 0. The molecule has 0 heterocycles. The Kier molecular flexibility index (Phi) is 2.26. The monoisotopic (exact) mass is 174 g/mol. The molecule has 0 fully saturated rings. The van der Waals surface area contributed by atoms with Gasteiger partial charge in [-0.05, 0) is 24.5 Å². The Hall–Kier alpha value is -1.37. The number of hydrogen-bond acceptors (Lipinski definition) is 0. The average Bonchev–Trinajstić information content (AvgIpc) is 2.20. The summed E-state index contributed by atoms with van der Waals surface area (Å²) in [4.78, 5) is 0. The first kappa shape index (κ1) is 8.24. The van der Waals surface area contributed by atoms with Gasteiger partial charge in [-0.25, -0.2) is 4.39 Å². The van der Waals surface area contributed by atoms with Gasteiger partial charge < -0.3 is 0 Å². The first-order chi connectivity index (χ1) is 6.38. The van der Waals surface area contributed by atoms with Gasteiger partial charge in [-0.1, -0.05) is 36.4 Å². The van der Waals surface area contributed by atoms with Crippen molar-refractivity contribution in [1.29, 1.82) is 0 Å². The van der Waals surface area contributed by atoms with E-state index in [9.17, 15) is 4.39 Å². The molecule has 0 nitrogen and oxygen atoms in total. The summed E-state index contributed by atoms with van der Waals surface area (Å²) in [6, 6.07) is 9.67. The summed E-state index contributed by atoms with van der Waals surface area (Å²) in [5.41, 5.74) is 1.71. The molecular weight excluding hydrogens is 163 g/mol. The van der Waals surface area contributed by atoms with Crippen molar-refractivity contribution in [3.8, 4) is 0 Å². The van der Waals surface area contributed by atoms with Crippen LogP contribution in [0.1, 0.15) is 18.4 Å². The molecule has 0 saturated heterocycles. The quantitative estimate of drug-likeness (QED) is 0.608. The summed E-state index contributed by atoms with van der Waals surface area (Å²) in [6.07, 6.45) is 5.38. The van der Waals surface area contributed by atoms with Crippen LogP contribution in [0.4, 0.5) is 4.39 Å². The van der Waals surface area contributed by atoms with E-state index in [-0.39, 0.29) is 5.83 Å². The van der Waals surface area contributed by atoms with Crippen LogP contribution >= 0.6 is 0 Å². The molecule has 0 spiro atoms. The van der Waals surface area contributed by atoms with E-state index in [0.717, 1.165) is 24.0 Å². The largest absolute Gasteiger partial charge is 0.207 e. The fourth-order valence-corrected chi connectivity index (χ4v) is 1.52. The highest BCUT2D eigenvalue weighted by Crippen LogP contribution is 2.28. The molecule has 1 aromatic rings. The Morgan fingerprint density at radius 3 is 2.31 bits per heavy atom. The van der Waals surface area contributed by atoms with Gasteiger partial charge in [0.2, 0.25) is 0 Å². The van der Waals surface area contributed by atoms with Crippen LogP contribution < -0.4 is 0 Å². The maximum atomic E-state index is 13.3. The zero-order valence-electron chi connectivity index (χ0n) is 7.33. The summed E-state index contributed by atoms with van der Waals surface area (Å²) in [5, 5.41) is 0. The Balaban J connectivity index is 2.37. The number of halogens is 1. The van der Waals surface area contributed by atoms with E-state index in [1.54, 1.807) is 6.08 Å². The van der Waals surface area contributed by atoms with Crippen molar-refractivity contribution in [3.63, 3.8) is 0 Å². The molecular formula is C12H11F. The summed E-state index contributed by atoms with van der Waals surface area (Å²) in [5.74, 6) is -0.0857. The van der Waals surface area contributed by atoms with Crippen LogP contribution in [0.2, 0.25) is 0 Å². The van der Waals surface area contributed by atoms with E-state index in [0.29, 0.717) is 0 Å². The third-order valence-electron chi connectivity index (χ3n) is 2.18. The maximum Gasteiger partial charge on any atom is 0.126 e. The first-order valence-corrected chi connectivity index (χ1v) is 4.49. The van der Waals surface area contributed by atoms with Crippen molar-refractivity contribution in [2.24, 2.45) is 0 Å². The number of allylic oxidation sites excluding steroid dienone is 4. The third-order valence-corrected chi connectivity index (χ3v) is 2.18. The molecule has 1 aromatic carbocycles. The lowest BCUT2D eigenvalue weighted by Crippen LogP contribution is -1.89. The molecule has 0 atom stereocenters. The molecule has 13 heavy (non-hydrogen) atoms. The lowest BCUT2D eigenvalue weighted by Gasteiger charge is -2.09. The Morgan fingerprint density at radius 1 is 0.923 bits per heavy atom. The van der Waals surface area contributed by atoms with Gasteiger partial charge in [0.1, 0.15) is 5.83 Å². The van der Waals surface area contributed by atoms with E-state index in [4.69, 9.17) is 0 Å². The molecule has 1 aliphatic carbocycles. The number of benzene rings is 1. The molecule has 1 heteroatoms. The van der Waals surface area contributed by atoms with Gasteiger partial charge in [-0.3, -0.25) is 0 Å². The molecule has 0 amide bonds. The van der Waals surface area contributed by atoms with Crippen molar-refractivity contribution < 1.29 is 4.39 Å². The van der Waals surface area contributed by atoms with Gasteiger partial charge >= 0.3 is 0 Å². The second-order valence-electron chi connectivity index (χ2n) is 3.11. The smallest absolute Gasteiger partial charge is 0.126 e.